The highest BCUT2D eigenvalue weighted by molar-refractivity contribution is 6.30. The van der Waals surface area contributed by atoms with Gasteiger partial charge < -0.3 is 5.11 Å². The molecule has 0 aliphatic heterocycles. The zero-order valence-corrected chi connectivity index (χ0v) is 13.4. The maximum atomic E-state index is 14.2. The predicted octanol–water partition coefficient (Wildman–Crippen LogP) is 4.72. The maximum absolute atomic E-state index is 14.2. The molecule has 4 nitrogen and oxygen atoms in total. The number of phenolic OH excluding ortho intramolecular Hbond substituents is 1. The molecular weight excluding hydrogens is 348 g/mol. The normalized spacial score (nSPS) is 11.2. The molecule has 0 spiro atoms. The maximum Gasteiger partial charge on any atom is 0.194 e. The van der Waals surface area contributed by atoms with Crippen LogP contribution in [0.2, 0.25) is 5.02 Å². The molecule has 0 saturated heterocycles. The van der Waals surface area contributed by atoms with Crippen LogP contribution in [-0.2, 0) is 0 Å². The van der Waals surface area contributed by atoms with Crippen molar-refractivity contribution in [3.8, 4) is 22.7 Å². The Hall–Kier alpha value is -2.99. The Kier molecular flexibility index (Phi) is 3.62. The van der Waals surface area contributed by atoms with Gasteiger partial charge in [0, 0.05) is 16.0 Å². The monoisotopic (exact) mass is 357 g/mol. The van der Waals surface area contributed by atoms with E-state index in [1.165, 1.54) is 17.1 Å². The van der Waals surface area contributed by atoms with E-state index < -0.39 is 17.4 Å². The number of aromatic nitrogens is 3. The van der Waals surface area contributed by atoms with Gasteiger partial charge in [-0.1, -0.05) is 23.7 Å². The van der Waals surface area contributed by atoms with E-state index in [1.807, 2.05) is 12.1 Å². The van der Waals surface area contributed by atoms with E-state index in [0.29, 0.717) is 16.4 Å². The van der Waals surface area contributed by atoms with Gasteiger partial charge in [-0.05, 0) is 30.3 Å². The highest BCUT2D eigenvalue weighted by Gasteiger charge is 2.18. The molecule has 25 heavy (non-hydrogen) atoms. The van der Waals surface area contributed by atoms with Gasteiger partial charge in [-0.3, -0.25) is 4.98 Å². The van der Waals surface area contributed by atoms with Gasteiger partial charge in [-0.15, -0.1) is 0 Å². The van der Waals surface area contributed by atoms with E-state index in [4.69, 9.17) is 11.6 Å². The summed E-state index contributed by atoms with van der Waals surface area (Å²) >= 11 is 5.87. The average Bonchev–Trinajstić information content (AvgIpc) is 3.04. The molecule has 0 aliphatic rings. The number of nitrogens with zero attached hydrogens (tertiary/aromatic N) is 3. The Bertz CT molecular complexity index is 1080. The van der Waals surface area contributed by atoms with Crippen molar-refractivity contribution < 1.29 is 13.9 Å². The Morgan fingerprint density at radius 1 is 1.00 bits per heavy atom. The van der Waals surface area contributed by atoms with Gasteiger partial charge in [0.1, 0.15) is 5.52 Å². The SMILES string of the molecule is Oc1c(F)cc2cnn(-c3ccc(-c4ccc(Cl)cc4)nc3)c2c1F. The molecule has 0 radical (unpaired) electrons. The third-order valence-corrected chi connectivity index (χ3v) is 4.11. The van der Waals surface area contributed by atoms with E-state index in [2.05, 4.69) is 10.1 Å². The van der Waals surface area contributed by atoms with E-state index in [9.17, 15) is 13.9 Å². The largest absolute Gasteiger partial charge is 0.503 e. The first-order chi connectivity index (χ1) is 12.0. The zero-order chi connectivity index (χ0) is 17.6. The summed E-state index contributed by atoms with van der Waals surface area (Å²) in [5, 5.41) is 14.4. The summed E-state index contributed by atoms with van der Waals surface area (Å²) in [7, 11) is 0. The lowest BCUT2D eigenvalue weighted by atomic mass is 10.1. The van der Waals surface area contributed by atoms with Crippen molar-refractivity contribution in [2.24, 2.45) is 0 Å². The molecule has 0 atom stereocenters. The third-order valence-electron chi connectivity index (χ3n) is 3.85. The second-order valence-corrected chi connectivity index (χ2v) is 5.86. The molecule has 0 amide bonds. The first-order valence-corrected chi connectivity index (χ1v) is 7.69. The number of rotatable bonds is 2. The lowest BCUT2D eigenvalue weighted by Crippen LogP contribution is -1.99. The van der Waals surface area contributed by atoms with Crippen LogP contribution in [-0.4, -0.2) is 19.9 Å². The molecule has 0 bridgehead atoms. The van der Waals surface area contributed by atoms with Crippen molar-refractivity contribution in [3.63, 3.8) is 0 Å². The molecule has 7 heteroatoms. The topological polar surface area (TPSA) is 50.9 Å². The molecule has 0 saturated carbocycles. The Labute approximate surface area is 145 Å². The Balaban J connectivity index is 1.79. The summed E-state index contributed by atoms with van der Waals surface area (Å²) in [6.07, 6.45) is 2.85. The molecule has 2 aromatic carbocycles. The molecule has 4 rings (SSSR count). The summed E-state index contributed by atoms with van der Waals surface area (Å²) in [6.45, 7) is 0. The van der Waals surface area contributed by atoms with Gasteiger partial charge in [0.25, 0.3) is 0 Å². The van der Waals surface area contributed by atoms with Crippen molar-refractivity contribution >= 4 is 22.5 Å². The number of pyridine rings is 1. The lowest BCUT2D eigenvalue weighted by Gasteiger charge is -2.07. The second-order valence-electron chi connectivity index (χ2n) is 5.42. The van der Waals surface area contributed by atoms with Gasteiger partial charge in [0.15, 0.2) is 17.4 Å². The molecule has 124 valence electrons. The summed E-state index contributed by atoms with van der Waals surface area (Å²) in [5.74, 6) is -3.12. The molecule has 0 unspecified atom stereocenters. The first kappa shape index (κ1) is 15.5. The smallest absolute Gasteiger partial charge is 0.194 e. The van der Waals surface area contributed by atoms with Crippen molar-refractivity contribution in [2.45, 2.75) is 0 Å². The predicted molar refractivity (Wildman–Crippen MR) is 90.9 cm³/mol. The zero-order valence-electron chi connectivity index (χ0n) is 12.6. The average molecular weight is 358 g/mol. The van der Waals surface area contributed by atoms with Gasteiger partial charge in [0.2, 0.25) is 0 Å². The fourth-order valence-corrected chi connectivity index (χ4v) is 2.73. The molecule has 1 N–H and O–H groups in total. The first-order valence-electron chi connectivity index (χ1n) is 7.31. The van der Waals surface area contributed by atoms with Crippen LogP contribution >= 0.6 is 11.6 Å². The standard InChI is InChI=1S/C18H10ClF2N3O/c19-12-3-1-10(2-4-12)15-6-5-13(9-22-15)24-17-11(8-23-24)7-14(20)18(25)16(17)21/h1-9,25H. The number of hydrogen-bond acceptors (Lipinski definition) is 3. The number of halogens is 3. The van der Waals surface area contributed by atoms with Crippen molar-refractivity contribution in [3.05, 3.63) is 71.5 Å². The van der Waals surface area contributed by atoms with Crippen LogP contribution in [0.5, 0.6) is 5.75 Å². The molecule has 0 aliphatic carbocycles. The highest BCUT2D eigenvalue weighted by Crippen LogP contribution is 2.30. The number of phenols is 1. The molecule has 2 aromatic heterocycles. The fourth-order valence-electron chi connectivity index (χ4n) is 2.61. The molecule has 0 fully saturated rings. The van der Waals surface area contributed by atoms with E-state index in [0.717, 1.165) is 11.6 Å². The Morgan fingerprint density at radius 2 is 1.76 bits per heavy atom. The van der Waals surface area contributed by atoms with Crippen molar-refractivity contribution in [2.75, 3.05) is 0 Å². The van der Waals surface area contributed by atoms with Crippen LogP contribution in [0, 0.1) is 11.6 Å². The summed E-state index contributed by atoms with van der Waals surface area (Å²) in [6, 6.07) is 11.7. The van der Waals surface area contributed by atoms with Crippen LogP contribution in [0.25, 0.3) is 27.8 Å². The van der Waals surface area contributed by atoms with E-state index in [1.54, 1.807) is 24.3 Å². The van der Waals surface area contributed by atoms with Crippen LogP contribution in [0.3, 0.4) is 0 Å². The molecular formula is C18H10ClF2N3O. The molecule has 4 aromatic rings. The van der Waals surface area contributed by atoms with Gasteiger partial charge in [-0.25, -0.2) is 13.5 Å². The number of aromatic hydroxyl groups is 1. The van der Waals surface area contributed by atoms with Crippen LogP contribution in [0.15, 0.2) is 54.9 Å². The number of fused-ring (bicyclic) bond motifs is 1. The van der Waals surface area contributed by atoms with Gasteiger partial charge >= 0.3 is 0 Å². The van der Waals surface area contributed by atoms with Crippen LogP contribution < -0.4 is 0 Å². The summed E-state index contributed by atoms with van der Waals surface area (Å²) < 4.78 is 28.9. The van der Waals surface area contributed by atoms with Crippen LogP contribution in [0.1, 0.15) is 0 Å². The van der Waals surface area contributed by atoms with Crippen molar-refractivity contribution in [1.29, 1.82) is 0 Å². The minimum atomic E-state index is -1.06. The lowest BCUT2D eigenvalue weighted by molar-refractivity contribution is 0.399. The Morgan fingerprint density at radius 3 is 2.44 bits per heavy atom. The minimum Gasteiger partial charge on any atom is -0.503 e. The highest BCUT2D eigenvalue weighted by atomic mass is 35.5. The van der Waals surface area contributed by atoms with Crippen LogP contribution in [0.4, 0.5) is 8.78 Å². The summed E-state index contributed by atoms with van der Waals surface area (Å²) in [4.78, 5) is 4.35. The quantitative estimate of drug-likeness (QED) is 0.564. The van der Waals surface area contributed by atoms with E-state index in [-0.39, 0.29) is 10.9 Å². The minimum absolute atomic E-state index is 0.0139. The fraction of sp³-hybridized carbons (Fsp3) is 0. The van der Waals surface area contributed by atoms with Gasteiger partial charge in [0.05, 0.1) is 23.8 Å². The number of hydrogen-bond donors (Lipinski definition) is 1. The van der Waals surface area contributed by atoms with Crippen molar-refractivity contribution in [1.82, 2.24) is 14.8 Å². The van der Waals surface area contributed by atoms with Gasteiger partial charge in [-0.2, -0.15) is 5.10 Å². The second kappa shape index (κ2) is 5.82. The van der Waals surface area contributed by atoms with E-state index >= 15 is 0 Å². The third kappa shape index (κ3) is 2.60. The number of benzene rings is 2. The summed E-state index contributed by atoms with van der Waals surface area (Å²) in [5.41, 5.74) is 2.07. The molecule has 2 heterocycles.